The molecule has 1 aliphatic carbocycles. The Hall–Kier alpha value is -1.28. The lowest BCUT2D eigenvalue weighted by atomic mass is 10.2. The molecule has 0 aromatic carbocycles. The maximum atomic E-state index is 5.05. The van der Waals surface area contributed by atoms with Gasteiger partial charge in [-0.1, -0.05) is 24.6 Å². The van der Waals surface area contributed by atoms with Gasteiger partial charge in [0.25, 0.3) is 0 Å². The van der Waals surface area contributed by atoms with Gasteiger partial charge < -0.3 is 19.9 Å². The van der Waals surface area contributed by atoms with Crippen LogP contribution in [-0.4, -0.2) is 60.8 Å². The van der Waals surface area contributed by atoms with Crippen LogP contribution in [-0.2, 0) is 11.2 Å². The van der Waals surface area contributed by atoms with Gasteiger partial charge in [0.05, 0.1) is 0 Å². The highest BCUT2D eigenvalue weighted by molar-refractivity contribution is 7.98. The first kappa shape index (κ1) is 20.0. The van der Waals surface area contributed by atoms with Gasteiger partial charge in [0.15, 0.2) is 11.1 Å². The minimum Gasteiger partial charge on any atom is -0.385 e. The van der Waals surface area contributed by atoms with Crippen molar-refractivity contribution in [3.05, 3.63) is 5.82 Å². The monoisotopic (exact) mass is 368 g/mol. The van der Waals surface area contributed by atoms with Gasteiger partial charge in [-0.25, -0.2) is 0 Å². The number of methoxy groups -OCH3 is 1. The number of thioether (sulfide) groups is 1. The fraction of sp³-hybridized carbons (Fsp3) is 0.824. The number of nitrogens with zero attached hydrogens (tertiary/aromatic N) is 4. The fourth-order valence-corrected chi connectivity index (χ4v) is 3.82. The van der Waals surface area contributed by atoms with E-state index in [1.165, 1.54) is 25.7 Å². The lowest BCUT2D eigenvalue weighted by molar-refractivity contribution is 0.195. The molecule has 1 saturated carbocycles. The molecule has 0 aliphatic heterocycles. The number of ether oxygens (including phenoxy) is 1. The van der Waals surface area contributed by atoms with Crippen LogP contribution in [0.15, 0.2) is 10.1 Å². The standard InChI is InChI=1S/C17H32N6OS/c1-18-16(20-12-7-13-24-2)19-11-6-10-15-21-22-17(25-3)23(15)14-8-4-5-9-14/h14H,4-13H2,1-3H3,(H2,18,19,20). The highest BCUT2D eigenvalue weighted by atomic mass is 32.2. The maximum absolute atomic E-state index is 5.05. The Labute approximate surface area is 155 Å². The fourth-order valence-electron chi connectivity index (χ4n) is 3.24. The van der Waals surface area contributed by atoms with E-state index in [-0.39, 0.29) is 0 Å². The predicted molar refractivity (Wildman–Crippen MR) is 103 cm³/mol. The van der Waals surface area contributed by atoms with Crippen LogP contribution in [0.25, 0.3) is 0 Å². The normalized spacial score (nSPS) is 15.7. The number of aromatic nitrogens is 3. The number of aliphatic imine (C=N–C) groups is 1. The second-order valence-corrected chi connectivity index (χ2v) is 7.06. The Bertz CT molecular complexity index is 527. The van der Waals surface area contributed by atoms with Crippen LogP contribution in [0, 0.1) is 0 Å². The largest absolute Gasteiger partial charge is 0.385 e. The summed E-state index contributed by atoms with van der Waals surface area (Å²) in [5.41, 5.74) is 0. The van der Waals surface area contributed by atoms with Crippen LogP contribution in [0.5, 0.6) is 0 Å². The number of nitrogens with one attached hydrogen (secondary N) is 2. The lowest BCUT2D eigenvalue weighted by Crippen LogP contribution is -2.38. The van der Waals surface area contributed by atoms with Crippen molar-refractivity contribution in [1.29, 1.82) is 0 Å². The number of hydrogen-bond donors (Lipinski definition) is 2. The molecule has 8 heteroatoms. The van der Waals surface area contributed by atoms with Gasteiger partial charge in [-0.05, 0) is 31.9 Å². The molecule has 0 unspecified atom stereocenters. The summed E-state index contributed by atoms with van der Waals surface area (Å²) in [4.78, 5) is 4.25. The van der Waals surface area contributed by atoms with Crippen molar-refractivity contribution in [3.8, 4) is 0 Å². The van der Waals surface area contributed by atoms with Gasteiger partial charge in [0.1, 0.15) is 5.82 Å². The highest BCUT2D eigenvalue weighted by Gasteiger charge is 2.23. The predicted octanol–water partition coefficient (Wildman–Crippen LogP) is 2.25. The van der Waals surface area contributed by atoms with E-state index in [0.717, 1.165) is 55.9 Å². The molecule has 0 atom stereocenters. The summed E-state index contributed by atoms with van der Waals surface area (Å²) in [7, 11) is 3.52. The quantitative estimate of drug-likeness (QED) is 0.285. The average Bonchev–Trinajstić information content (AvgIpc) is 3.29. The van der Waals surface area contributed by atoms with Crippen molar-refractivity contribution in [3.63, 3.8) is 0 Å². The summed E-state index contributed by atoms with van der Waals surface area (Å²) in [5.74, 6) is 1.97. The third-order valence-electron chi connectivity index (χ3n) is 4.52. The minimum atomic E-state index is 0.593. The molecule has 0 bridgehead atoms. The van der Waals surface area contributed by atoms with Crippen LogP contribution in [0.2, 0.25) is 0 Å². The summed E-state index contributed by atoms with van der Waals surface area (Å²) >= 11 is 1.70. The smallest absolute Gasteiger partial charge is 0.191 e. The van der Waals surface area contributed by atoms with Crippen molar-refractivity contribution >= 4 is 17.7 Å². The summed E-state index contributed by atoms with van der Waals surface area (Å²) in [6, 6.07) is 0.593. The summed E-state index contributed by atoms with van der Waals surface area (Å²) < 4.78 is 7.44. The van der Waals surface area contributed by atoms with Crippen molar-refractivity contribution in [2.45, 2.75) is 56.1 Å². The van der Waals surface area contributed by atoms with E-state index in [1.807, 2.05) is 0 Å². The van der Waals surface area contributed by atoms with E-state index in [9.17, 15) is 0 Å². The van der Waals surface area contributed by atoms with Crippen molar-refractivity contribution < 1.29 is 4.74 Å². The van der Waals surface area contributed by atoms with Crippen molar-refractivity contribution in [2.75, 3.05) is 40.1 Å². The molecule has 0 radical (unpaired) electrons. The summed E-state index contributed by atoms with van der Waals surface area (Å²) in [6.45, 7) is 2.50. The van der Waals surface area contributed by atoms with Crippen LogP contribution in [0.3, 0.4) is 0 Å². The zero-order chi connectivity index (χ0) is 17.9. The molecular weight excluding hydrogens is 336 g/mol. The number of guanidine groups is 1. The minimum absolute atomic E-state index is 0.593. The SMILES string of the molecule is CN=C(NCCCOC)NCCCc1nnc(SC)n1C1CCCC1. The molecule has 25 heavy (non-hydrogen) atoms. The molecule has 142 valence electrons. The van der Waals surface area contributed by atoms with E-state index in [2.05, 4.69) is 36.6 Å². The first-order valence-corrected chi connectivity index (χ1v) is 10.4. The second-order valence-electron chi connectivity index (χ2n) is 6.29. The van der Waals surface area contributed by atoms with Gasteiger partial charge in [-0.15, -0.1) is 10.2 Å². The molecule has 0 spiro atoms. The first-order chi connectivity index (χ1) is 12.3. The lowest BCUT2D eigenvalue weighted by Gasteiger charge is -2.16. The Kier molecular flexibility index (Phi) is 9.10. The summed E-state index contributed by atoms with van der Waals surface area (Å²) in [5, 5.41) is 16.5. The Morgan fingerprint density at radius 1 is 1.24 bits per heavy atom. The summed E-state index contributed by atoms with van der Waals surface area (Å²) in [6.07, 6.45) is 10.2. The van der Waals surface area contributed by atoms with Gasteiger partial charge in [-0.2, -0.15) is 0 Å². The topological polar surface area (TPSA) is 76.4 Å². The third kappa shape index (κ3) is 6.18. The van der Waals surface area contributed by atoms with Gasteiger partial charge in [-0.3, -0.25) is 4.99 Å². The van der Waals surface area contributed by atoms with Gasteiger partial charge in [0, 0.05) is 46.3 Å². The third-order valence-corrected chi connectivity index (χ3v) is 5.16. The molecule has 7 nitrogen and oxygen atoms in total. The molecule has 0 amide bonds. The van der Waals surface area contributed by atoms with Gasteiger partial charge in [0.2, 0.25) is 0 Å². The van der Waals surface area contributed by atoms with Crippen LogP contribution in [0.1, 0.15) is 50.4 Å². The van der Waals surface area contributed by atoms with E-state index in [4.69, 9.17) is 4.74 Å². The second kappa shape index (κ2) is 11.4. The van der Waals surface area contributed by atoms with E-state index >= 15 is 0 Å². The van der Waals surface area contributed by atoms with E-state index < -0.39 is 0 Å². The van der Waals surface area contributed by atoms with Crippen LogP contribution < -0.4 is 10.6 Å². The van der Waals surface area contributed by atoms with E-state index in [1.54, 1.807) is 25.9 Å². The van der Waals surface area contributed by atoms with Crippen LogP contribution in [0.4, 0.5) is 0 Å². The Balaban J connectivity index is 1.76. The molecule has 2 rings (SSSR count). The van der Waals surface area contributed by atoms with E-state index in [0.29, 0.717) is 6.04 Å². The number of aryl methyl sites for hydroxylation is 1. The van der Waals surface area contributed by atoms with Crippen molar-refractivity contribution in [2.24, 2.45) is 4.99 Å². The molecule has 0 saturated heterocycles. The molecule has 1 aromatic heterocycles. The molecule has 1 fully saturated rings. The zero-order valence-corrected chi connectivity index (χ0v) is 16.6. The molecule has 2 N–H and O–H groups in total. The molecule has 1 heterocycles. The van der Waals surface area contributed by atoms with Crippen molar-refractivity contribution in [1.82, 2.24) is 25.4 Å². The van der Waals surface area contributed by atoms with Crippen LogP contribution >= 0.6 is 11.8 Å². The number of hydrogen-bond acceptors (Lipinski definition) is 5. The Morgan fingerprint density at radius 3 is 2.60 bits per heavy atom. The molecule has 1 aromatic rings. The number of rotatable bonds is 10. The molecular formula is C17H32N6OS. The Morgan fingerprint density at radius 2 is 1.96 bits per heavy atom. The molecule has 1 aliphatic rings. The zero-order valence-electron chi connectivity index (χ0n) is 15.8. The maximum Gasteiger partial charge on any atom is 0.191 e. The average molecular weight is 369 g/mol. The first-order valence-electron chi connectivity index (χ1n) is 9.21. The van der Waals surface area contributed by atoms with Gasteiger partial charge >= 0.3 is 0 Å². The highest BCUT2D eigenvalue weighted by Crippen LogP contribution is 2.33.